The summed E-state index contributed by atoms with van der Waals surface area (Å²) in [5, 5.41) is 0. The topological polar surface area (TPSA) is 140 Å². The third kappa shape index (κ3) is 9.85. The lowest BCUT2D eigenvalue weighted by Crippen LogP contribution is -2.01. The predicted molar refractivity (Wildman–Crippen MR) is 58.7 cm³/mol. The van der Waals surface area contributed by atoms with Crippen LogP contribution in [0.1, 0.15) is 6.92 Å². The van der Waals surface area contributed by atoms with Gasteiger partial charge >= 0.3 is 23.7 Å². The molecule has 102 valence electrons. The Hall–Kier alpha value is 0.190. The van der Waals surface area contributed by atoms with Crippen molar-refractivity contribution in [2.24, 2.45) is 0 Å². The van der Waals surface area contributed by atoms with Gasteiger partial charge in [-0.15, -0.1) is 0 Å². The zero-order valence-electron chi connectivity index (χ0n) is 8.81. The Morgan fingerprint density at radius 2 is 1.94 bits per heavy atom. The zero-order chi connectivity index (χ0) is 13.7. The molecule has 0 rings (SSSR count). The molecular formula is C5H13O9P3. The quantitative estimate of drug-likeness (QED) is 0.446. The van der Waals surface area contributed by atoms with Gasteiger partial charge in [-0.3, -0.25) is 9.13 Å². The first kappa shape index (κ1) is 17.2. The highest BCUT2D eigenvalue weighted by atomic mass is 31.3. The Morgan fingerprint density at radius 3 is 2.35 bits per heavy atom. The monoisotopic (exact) mass is 310 g/mol. The molecule has 12 heteroatoms. The number of hydrogen-bond acceptors (Lipinski definition) is 6. The van der Waals surface area contributed by atoms with Crippen LogP contribution < -0.4 is 0 Å². The summed E-state index contributed by atoms with van der Waals surface area (Å²) in [5.74, 6) is 0. The van der Waals surface area contributed by atoms with Crippen LogP contribution in [-0.4, -0.2) is 27.6 Å². The van der Waals surface area contributed by atoms with E-state index in [1.165, 1.54) is 0 Å². The minimum atomic E-state index is -5.07. The van der Waals surface area contributed by atoms with E-state index in [-0.39, 0.29) is 6.61 Å². The van der Waals surface area contributed by atoms with Crippen molar-refractivity contribution in [3.63, 3.8) is 0 Å². The van der Waals surface area contributed by atoms with Gasteiger partial charge in [0.2, 0.25) is 0 Å². The van der Waals surface area contributed by atoms with Gasteiger partial charge in [-0.1, -0.05) is 12.2 Å². The van der Waals surface area contributed by atoms with Crippen molar-refractivity contribution in [3.05, 3.63) is 12.2 Å². The molecule has 0 bridgehead atoms. The maximum Gasteiger partial charge on any atom is 0.486 e. The molecule has 3 unspecified atom stereocenters. The summed E-state index contributed by atoms with van der Waals surface area (Å²) in [6.07, 6.45) is -0.875. The van der Waals surface area contributed by atoms with Crippen LogP contribution in [0.15, 0.2) is 12.2 Å². The highest BCUT2D eigenvalue weighted by Crippen LogP contribution is 2.62. The van der Waals surface area contributed by atoms with Gasteiger partial charge in [0.1, 0.15) is 6.35 Å². The minimum Gasteiger partial charge on any atom is -0.364 e. The van der Waals surface area contributed by atoms with E-state index in [4.69, 9.17) is 14.7 Å². The second kappa shape index (κ2) is 6.95. The van der Waals surface area contributed by atoms with Crippen LogP contribution in [0, 0.1) is 0 Å². The van der Waals surface area contributed by atoms with Crippen molar-refractivity contribution < 1.29 is 41.7 Å². The van der Waals surface area contributed by atoms with E-state index in [0.29, 0.717) is 5.57 Å². The Morgan fingerprint density at radius 1 is 1.41 bits per heavy atom. The van der Waals surface area contributed by atoms with Crippen LogP contribution in [0.2, 0.25) is 0 Å². The lowest BCUT2D eigenvalue weighted by Gasteiger charge is -2.15. The van der Waals surface area contributed by atoms with Crippen molar-refractivity contribution in [2.75, 3.05) is 13.0 Å². The standard InChI is InChI=1S/C5H13O9P3/c1-5(2)3-12-4-16(8,9)14-17(10,11)13-15(6)7/h15H,1,3-4H2,2H3,(H,6,7)(H,8,9)(H,10,11). The van der Waals surface area contributed by atoms with Crippen molar-refractivity contribution >= 4 is 23.7 Å². The normalized spacial score (nSPS) is 20.2. The maximum atomic E-state index is 11.2. The molecule has 0 aliphatic heterocycles. The molecule has 0 saturated heterocycles. The third-order valence-corrected chi connectivity index (χ3v) is 4.93. The Balaban J connectivity index is 4.33. The first-order chi connectivity index (χ1) is 7.54. The molecule has 0 aromatic heterocycles. The van der Waals surface area contributed by atoms with Gasteiger partial charge in [0.25, 0.3) is 0 Å². The van der Waals surface area contributed by atoms with Crippen LogP contribution in [0.3, 0.4) is 0 Å². The van der Waals surface area contributed by atoms with Gasteiger partial charge in [0.05, 0.1) is 6.61 Å². The molecule has 0 heterocycles. The SMILES string of the molecule is C=C(C)COCP(=O)(O)OP(=O)(O)O[PH](=O)O. The van der Waals surface area contributed by atoms with Gasteiger partial charge in [0.15, 0.2) is 0 Å². The molecule has 9 nitrogen and oxygen atoms in total. The summed E-state index contributed by atoms with van der Waals surface area (Å²) in [5.41, 5.74) is 0.564. The highest BCUT2D eigenvalue weighted by molar-refractivity contribution is 7.66. The zero-order valence-corrected chi connectivity index (χ0v) is 11.6. The second-order valence-electron chi connectivity index (χ2n) is 2.98. The molecule has 0 radical (unpaired) electrons. The Kier molecular flexibility index (Phi) is 7.02. The minimum absolute atomic E-state index is 0.0406. The molecule has 0 fully saturated rings. The van der Waals surface area contributed by atoms with Crippen LogP contribution in [0.4, 0.5) is 0 Å². The summed E-state index contributed by atoms with van der Waals surface area (Å²) in [7, 11) is -13.4. The van der Waals surface area contributed by atoms with E-state index < -0.39 is 30.0 Å². The Labute approximate surface area is 98.1 Å². The largest absolute Gasteiger partial charge is 0.486 e. The van der Waals surface area contributed by atoms with Crippen molar-refractivity contribution in [3.8, 4) is 0 Å². The Bertz CT molecular complexity index is 390. The maximum absolute atomic E-state index is 11.2. The first-order valence-corrected chi connectivity index (χ1v) is 8.57. The molecule has 0 amide bonds. The second-order valence-corrected chi connectivity index (χ2v) is 7.37. The lowest BCUT2D eigenvalue weighted by molar-refractivity contribution is 0.174. The number of hydrogen-bond donors (Lipinski definition) is 3. The molecule has 0 aromatic rings. The van der Waals surface area contributed by atoms with Gasteiger partial charge < -0.3 is 19.4 Å². The molecule has 3 N–H and O–H groups in total. The van der Waals surface area contributed by atoms with Crippen LogP contribution >= 0.6 is 23.7 Å². The van der Waals surface area contributed by atoms with Gasteiger partial charge in [-0.2, -0.15) is 0 Å². The molecule has 3 atom stereocenters. The van der Waals surface area contributed by atoms with Crippen LogP contribution in [0.5, 0.6) is 0 Å². The first-order valence-electron chi connectivity index (χ1n) is 4.05. The number of ether oxygens (including phenoxy) is 1. The van der Waals surface area contributed by atoms with Gasteiger partial charge in [-0.25, -0.2) is 13.2 Å². The summed E-state index contributed by atoms with van der Waals surface area (Å²) < 4.78 is 44.3. The van der Waals surface area contributed by atoms with Crippen molar-refractivity contribution in [2.45, 2.75) is 6.92 Å². The lowest BCUT2D eigenvalue weighted by atomic mass is 10.4. The summed E-state index contributed by atoms with van der Waals surface area (Å²) in [4.78, 5) is 26.1. The molecule has 0 aliphatic rings. The summed E-state index contributed by atoms with van der Waals surface area (Å²) in [6, 6.07) is 0. The fourth-order valence-electron chi connectivity index (χ4n) is 0.635. The van der Waals surface area contributed by atoms with Crippen molar-refractivity contribution in [1.29, 1.82) is 0 Å². The van der Waals surface area contributed by atoms with Crippen molar-refractivity contribution in [1.82, 2.24) is 0 Å². The molecule has 17 heavy (non-hydrogen) atoms. The summed E-state index contributed by atoms with van der Waals surface area (Å²) >= 11 is 0. The molecule has 0 aromatic carbocycles. The average molecular weight is 310 g/mol. The van der Waals surface area contributed by atoms with E-state index >= 15 is 0 Å². The average Bonchev–Trinajstić information content (AvgIpc) is 1.95. The predicted octanol–water partition coefficient (Wildman–Crippen LogP) is 1.24. The molecule has 0 spiro atoms. The van der Waals surface area contributed by atoms with Gasteiger partial charge in [0, 0.05) is 0 Å². The van der Waals surface area contributed by atoms with E-state index in [0.717, 1.165) is 0 Å². The van der Waals surface area contributed by atoms with Gasteiger partial charge in [-0.05, 0) is 6.92 Å². The molecular weight excluding hydrogens is 297 g/mol. The summed E-state index contributed by atoms with van der Waals surface area (Å²) in [6.45, 7) is 5.01. The van der Waals surface area contributed by atoms with E-state index in [1.807, 2.05) is 0 Å². The number of rotatable bonds is 8. The van der Waals surface area contributed by atoms with E-state index in [9.17, 15) is 13.7 Å². The third-order valence-electron chi connectivity index (χ3n) is 1.03. The fraction of sp³-hybridized carbons (Fsp3) is 0.600. The molecule has 0 aliphatic carbocycles. The van der Waals surface area contributed by atoms with Crippen LogP contribution in [0.25, 0.3) is 0 Å². The number of phosphoric acid groups is 1. The van der Waals surface area contributed by atoms with E-state index in [1.54, 1.807) is 6.92 Å². The fourth-order valence-corrected chi connectivity index (χ4v) is 3.66. The molecule has 0 saturated carbocycles. The van der Waals surface area contributed by atoms with Crippen LogP contribution in [-0.2, 0) is 27.1 Å². The smallest absolute Gasteiger partial charge is 0.364 e. The highest BCUT2D eigenvalue weighted by Gasteiger charge is 2.35. The van der Waals surface area contributed by atoms with E-state index in [2.05, 4.69) is 19.9 Å².